The second kappa shape index (κ2) is 16.1. The zero-order valence-electron chi connectivity index (χ0n) is 19.2. The highest BCUT2D eigenvalue weighted by atomic mass is 127. The van der Waals surface area contributed by atoms with Crippen LogP contribution in [0, 0.1) is 5.92 Å². The lowest BCUT2D eigenvalue weighted by Crippen LogP contribution is -2.41. The highest BCUT2D eigenvalue weighted by molar-refractivity contribution is 14.0. The van der Waals surface area contributed by atoms with Gasteiger partial charge in [-0.25, -0.2) is 0 Å². The van der Waals surface area contributed by atoms with Crippen molar-refractivity contribution in [2.45, 2.75) is 71.9 Å². The first-order chi connectivity index (χ1) is 13.3. The molecule has 1 heterocycles. The van der Waals surface area contributed by atoms with E-state index in [1.165, 1.54) is 0 Å². The molecule has 4 N–H and O–H groups in total. The number of carbonyl (C=O) groups excluding carboxylic acids is 1. The molecule has 0 aromatic rings. The molecule has 0 aromatic carbocycles. The molecule has 29 heavy (non-hydrogen) atoms. The van der Waals surface area contributed by atoms with Crippen LogP contribution in [0.5, 0.6) is 0 Å². The number of carbonyl (C=O) groups is 1. The summed E-state index contributed by atoms with van der Waals surface area (Å²) in [4.78, 5) is 20.5. The van der Waals surface area contributed by atoms with Crippen LogP contribution in [0.15, 0.2) is 4.99 Å². The van der Waals surface area contributed by atoms with Gasteiger partial charge in [0.2, 0.25) is 5.91 Å². The molecular weight excluding hydrogens is 479 g/mol. The quantitative estimate of drug-likeness (QED) is 0.158. The Balaban J connectivity index is 0.00000784. The number of nitrogens with one attached hydrogen (secondary N) is 2. The van der Waals surface area contributed by atoms with E-state index in [1.807, 2.05) is 7.05 Å². The van der Waals surface area contributed by atoms with Gasteiger partial charge in [0.15, 0.2) is 5.96 Å². The van der Waals surface area contributed by atoms with Gasteiger partial charge in [-0.3, -0.25) is 14.7 Å². The number of primary amides is 1. The van der Waals surface area contributed by atoms with Crippen LogP contribution in [0.25, 0.3) is 0 Å². The van der Waals surface area contributed by atoms with Crippen LogP contribution in [0.1, 0.15) is 59.8 Å². The van der Waals surface area contributed by atoms with E-state index in [0.29, 0.717) is 12.1 Å². The van der Waals surface area contributed by atoms with Crippen molar-refractivity contribution in [3.63, 3.8) is 0 Å². The number of likely N-dealkylation sites (tertiary alicyclic amines) is 1. The summed E-state index contributed by atoms with van der Waals surface area (Å²) in [6.45, 7) is 15.1. The maximum atomic E-state index is 11.2. The molecule has 1 amide bonds. The molecule has 0 aromatic heterocycles. The van der Waals surface area contributed by atoms with Gasteiger partial charge in [-0.2, -0.15) is 0 Å². The number of halogens is 1. The Hall–Kier alpha value is -0.610. The lowest BCUT2D eigenvalue weighted by atomic mass is 9.96. The van der Waals surface area contributed by atoms with E-state index in [1.54, 1.807) is 0 Å². The molecule has 0 saturated carbocycles. The molecule has 7 nitrogen and oxygen atoms in total. The van der Waals surface area contributed by atoms with E-state index >= 15 is 0 Å². The van der Waals surface area contributed by atoms with Crippen LogP contribution in [-0.4, -0.2) is 80.1 Å². The molecule has 1 saturated heterocycles. The molecule has 0 spiro atoms. The molecule has 1 aliphatic heterocycles. The Kier molecular flexibility index (Phi) is 15.8. The zero-order valence-corrected chi connectivity index (χ0v) is 21.6. The van der Waals surface area contributed by atoms with Gasteiger partial charge in [-0.05, 0) is 79.4 Å². The lowest BCUT2D eigenvalue weighted by Gasteiger charge is -2.30. The molecule has 1 aliphatic rings. The monoisotopic (exact) mass is 524 g/mol. The van der Waals surface area contributed by atoms with Gasteiger partial charge < -0.3 is 21.3 Å². The van der Waals surface area contributed by atoms with Gasteiger partial charge in [0.05, 0.1) is 0 Å². The Morgan fingerprint density at radius 2 is 1.62 bits per heavy atom. The van der Waals surface area contributed by atoms with Crippen LogP contribution in [0.2, 0.25) is 0 Å². The van der Waals surface area contributed by atoms with Gasteiger partial charge in [0, 0.05) is 44.7 Å². The van der Waals surface area contributed by atoms with Crippen molar-refractivity contribution in [2.24, 2.45) is 16.6 Å². The first kappa shape index (κ1) is 28.4. The number of nitrogens with two attached hydrogens (primary N) is 1. The number of guanidine groups is 1. The maximum Gasteiger partial charge on any atom is 0.220 e. The largest absolute Gasteiger partial charge is 0.369 e. The number of amides is 1. The summed E-state index contributed by atoms with van der Waals surface area (Å²) in [6.07, 6.45) is 5.20. The van der Waals surface area contributed by atoms with Crippen molar-refractivity contribution in [3.05, 3.63) is 0 Å². The van der Waals surface area contributed by atoms with E-state index in [0.717, 1.165) is 77.3 Å². The number of aliphatic imine (C=N–C) groups is 1. The summed E-state index contributed by atoms with van der Waals surface area (Å²) in [5.74, 6) is 0.840. The predicted octanol–water partition coefficient (Wildman–Crippen LogP) is 2.26. The van der Waals surface area contributed by atoms with Gasteiger partial charge in [-0.1, -0.05) is 0 Å². The van der Waals surface area contributed by atoms with Crippen LogP contribution >= 0.6 is 24.0 Å². The van der Waals surface area contributed by atoms with E-state index in [9.17, 15) is 4.79 Å². The van der Waals surface area contributed by atoms with Gasteiger partial charge >= 0.3 is 0 Å². The van der Waals surface area contributed by atoms with E-state index in [-0.39, 0.29) is 35.8 Å². The molecule has 1 rings (SSSR count). The number of rotatable bonds is 12. The van der Waals surface area contributed by atoms with Crippen LogP contribution < -0.4 is 16.4 Å². The number of hydrogen-bond donors (Lipinski definition) is 3. The second-order valence-electron chi connectivity index (χ2n) is 8.43. The highest BCUT2D eigenvalue weighted by Crippen LogP contribution is 2.16. The Morgan fingerprint density at radius 3 is 2.10 bits per heavy atom. The van der Waals surface area contributed by atoms with Gasteiger partial charge in [0.1, 0.15) is 0 Å². The molecular formula is C21H45IN6O. The Morgan fingerprint density at radius 1 is 1.07 bits per heavy atom. The van der Waals surface area contributed by atoms with E-state index in [2.05, 4.69) is 53.1 Å². The topological polar surface area (TPSA) is 86.0 Å². The SMILES string of the molecule is CN=C(NCCCCN1CCC(C(N)=O)CC1)NCCCN(C(C)C)C(C)C.I. The number of unbranched alkanes of at least 4 members (excludes halogenated alkanes) is 1. The van der Waals surface area contributed by atoms with Crippen molar-refractivity contribution in [2.75, 3.05) is 46.3 Å². The fourth-order valence-electron chi connectivity index (χ4n) is 3.91. The average molecular weight is 525 g/mol. The standard InChI is InChI=1S/C21H44N6O.HI/c1-17(2)27(18(3)4)14-8-12-25-21(23-5)24-11-6-7-13-26-15-9-19(10-16-26)20(22)28;/h17-19H,6-16H2,1-5H3,(H2,22,28)(H2,23,24,25);1H. The van der Waals surface area contributed by atoms with Gasteiger partial charge in [0.25, 0.3) is 0 Å². The van der Waals surface area contributed by atoms with Crippen molar-refractivity contribution >= 4 is 35.8 Å². The van der Waals surface area contributed by atoms with Crippen molar-refractivity contribution in [3.8, 4) is 0 Å². The van der Waals surface area contributed by atoms with Crippen LogP contribution in [0.3, 0.4) is 0 Å². The second-order valence-corrected chi connectivity index (χ2v) is 8.43. The molecule has 0 bridgehead atoms. The fraction of sp³-hybridized carbons (Fsp3) is 0.905. The first-order valence-electron chi connectivity index (χ1n) is 11.1. The molecule has 0 unspecified atom stereocenters. The predicted molar refractivity (Wildman–Crippen MR) is 134 cm³/mol. The summed E-state index contributed by atoms with van der Waals surface area (Å²) in [5.41, 5.74) is 5.39. The van der Waals surface area contributed by atoms with Crippen LogP contribution in [-0.2, 0) is 4.79 Å². The average Bonchev–Trinajstić information content (AvgIpc) is 2.65. The van der Waals surface area contributed by atoms with Crippen LogP contribution in [0.4, 0.5) is 0 Å². The normalized spacial score (nSPS) is 16.3. The summed E-state index contributed by atoms with van der Waals surface area (Å²) >= 11 is 0. The fourth-order valence-corrected chi connectivity index (χ4v) is 3.91. The third-order valence-electron chi connectivity index (χ3n) is 5.62. The Bertz CT molecular complexity index is 456. The van der Waals surface area contributed by atoms with E-state index < -0.39 is 0 Å². The zero-order chi connectivity index (χ0) is 20.9. The molecule has 0 radical (unpaired) electrons. The number of piperidine rings is 1. The molecule has 172 valence electrons. The first-order valence-corrected chi connectivity index (χ1v) is 11.1. The third kappa shape index (κ3) is 12.0. The van der Waals surface area contributed by atoms with Crippen molar-refractivity contribution < 1.29 is 4.79 Å². The third-order valence-corrected chi connectivity index (χ3v) is 5.62. The highest BCUT2D eigenvalue weighted by Gasteiger charge is 2.22. The van der Waals surface area contributed by atoms with Gasteiger partial charge in [-0.15, -0.1) is 24.0 Å². The molecule has 0 aliphatic carbocycles. The maximum absolute atomic E-state index is 11.2. The minimum Gasteiger partial charge on any atom is -0.369 e. The molecule has 8 heteroatoms. The summed E-state index contributed by atoms with van der Waals surface area (Å²) in [5, 5.41) is 6.82. The summed E-state index contributed by atoms with van der Waals surface area (Å²) < 4.78 is 0. The lowest BCUT2D eigenvalue weighted by molar-refractivity contribution is -0.123. The molecule has 0 atom stereocenters. The number of hydrogen-bond acceptors (Lipinski definition) is 4. The molecule has 1 fully saturated rings. The Labute approximate surface area is 195 Å². The van der Waals surface area contributed by atoms with E-state index in [4.69, 9.17) is 5.73 Å². The van der Waals surface area contributed by atoms with Crippen molar-refractivity contribution in [1.82, 2.24) is 20.4 Å². The minimum atomic E-state index is -0.135. The smallest absolute Gasteiger partial charge is 0.220 e. The summed E-state index contributed by atoms with van der Waals surface area (Å²) in [6, 6.07) is 1.16. The van der Waals surface area contributed by atoms with Crippen molar-refractivity contribution in [1.29, 1.82) is 0 Å². The minimum absolute atomic E-state index is 0. The number of nitrogens with zero attached hydrogens (tertiary/aromatic N) is 3. The summed E-state index contributed by atoms with van der Waals surface area (Å²) in [7, 11) is 1.83.